The molecule has 0 saturated carbocycles. The number of likely N-dealkylation sites (tertiary alicyclic amines) is 1. The maximum atomic E-state index is 15.7. The van der Waals surface area contributed by atoms with Crippen LogP contribution in [0.2, 0.25) is 0 Å². The summed E-state index contributed by atoms with van der Waals surface area (Å²) in [5.74, 6) is -4.16. The maximum Gasteiger partial charge on any atom is 0.301 e. The zero-order valence-electron chi connectivity index (χ0n) is 34.7. The van der Waals surface area contributed by atoms with Crippen LogP contribution < -0.4 is 19.7 Å². The molecular weight excluding hydrogens is 870 g/mol. The third-order valence-corrected chi connectivity index (χ3v) is 14.4. The standard InChI is InChI=1S/C45H43F3N8O8S/c46-28-11-12-55(18-28)65(62,63)52-36-8-7-35(47)39(40(36)48)41(59)34-16-50-42-33(34)14-26(15-49-42)25-1-3-29(4-2-25)54-23-45(24-54)21-53(22-45)19-30(57)20-64-31-5-6-32-27(13-31)17-56(44(32)61)37-9-10-38(58)51-43(37)60/h1-8,13-16,28,30,37,52,57H,9-12,17-24H2,(H,49,50)(H,51,58,60)/t28-,30-,37?/m1/s1. The molecule has 4 saturated heterocycles. The first kappa shape index (κ1) is 42.6. The number of amides is 3. The number of fused-ring (bicyclic) bond motifs is 2. The first-order valence-electron chi connectivity index (χ1n) is 21.2. The topological polar surface area (TPSA) is 198 Å². The number of carbonyl (C=O) groups is 4. The van der Waals surface area contributed by atoms with Crippen LogP contribution in [0.4, 0.5) is 24.5 Å². The number of rotatable bonds is 13. The number of nitrogens with one attached hydrogen (secondary N) is 3. The molecule has 1 spiro atoms. The van der Waals surface area contributed by atoms with E-state index in [9.17, 15) is 37.1 Å². The van der Waals surface area contributed by atoms with Crippen LogP contribution in [0.3, 0.4) is 0 Å². The van der Waals surface area contributed by atoms with Crippen LogP contribution in [0.1, 0.15) is 51.1 Å². The zero-order valence-corrected chi connectivity index (χ0v) is 35.5. The highest BCUT2D eigenvalue weighted by molar-refractivity contribution is 7.90. The van der Waals surface area contributed by atoms with E-state index < -0.39 is 69.6 Å². The minimum atomic E-state index is -4.37. The van der Waals surface area contributed by atoms with Crippen LogP contribution in [-0.2, 0) is 26.3 Å². The van der Waals surface area contributed by atoms with Crippen molar-refractivity contribution < 1.29 is 50.6 Å². The summed E-state index contributed by atoms with van der Waals surface area (Å²) in [6, 6.07) is 15.6. The van der Waals surface area contributed by atoms with Crippen molar-refractivity contribution in [2.45, 2.75) is 44.1 Å². The Labute approximate surface area is 370 Å². The molecule has 5 aliphatic rings. The molecule has 20 heteroatoms. The number of halogens is 3. The molecule has 4 fully saturated rings. The number of benzene rings is 3. The Bertz CT molecular complexity index is 2880. The first-order chi connectivity index (χ1) is 31.1. The van der Waals surface area contributed by atoms with Gasteiger partial charge in [0.05, 0.1) is 11.3 Å². The highest BCUT2D eigenvalue weighted by Crippen LogP contribution is 2.42. The number of aliphatic hydroxyl groups is 1. The van der Waals surface area contributed by atoms with E-state index in [2.05, 4.69) is 25.1 Å². The lowest BCUT2D eigenvalue weighted by Gasteiger charge is -2.61. The molecule has 5 aromatic rings. The number of hydrogen-bond donors (Lipinski definition) is 4. The van der Waals surface area contributed by atoms with E-state index in [-0.39, 0.29) is 61.8 Å². The number of nitrogens with zero attached hydrogens (tertiary/aromatic N) is 5. The second-order valence-electron chi connectivity index (χ2n) is 17.5. The molecule has 3 atom stereocenters. The predicted molar refractivity (Wildman–Crippen MR) is 230 cm³/mol. The summed E-state index contributed by atoms with van der Waals surface area (Å²) < 4.78 is 78.9. The highest BCUT2D eigenvalue weighted by atomic mass is 32.2. The van der Waals surface area contributed by atoms with Gasteiger partial charge < -0.3 is 24.6 Å². The van der Waals surface area contributed by atoms with E-state index in [1.807, 2.05) is 29.0 Å². The normalized spacial score (nSPS) is 21.3. The number of ether oxygens (including phenoxy) is 1. The molecule has 4 N–H and O–H groups in total. The number of aliphatic hydroxyl groups excluding tert-OH is 1. The summed E-state index contributed by atoms with van der Waals surface area (Å²) in [6.07, 6.45) is 1.27. The molecule has 16 nitrogen and oxygen atoms in total. The summed E-state index contributed by atoms with van der Waals surface area (Å²) in [4.78, 5) is 63.9. The summed E-state index contributed by atoms with van der Waals surface area (Å²) in [6.45, 7) is 3.57. The third-order valence-electron chi connectivity index (χ3n) is 12.9. The van der Waals surface area contributed by atoms with Gasteiger partial charge in [-0.1, -0.05) is 12.1 Å². The quantitative estimate of drug-likeness (QED) is 0.0992. The van der Waals surface area contributed by atoms with Gasteiger partial charge in [0.1, 0.15) is 42.1 Å². The molecule has 5 aliphatic heterocycles. The first-order valence-corrected chi connectivity index (χ1v) is 22.7. The average molecular weight is 913 g/mol. The van der Waals surface area contributed by atoms with Crippen molar-refractivity contribution in [1.29, 1.82) is 0 Å². The van der Waals surface area contributed by atoms with Gasteiger partial charge in [-0.2, -0.15) is 12.7 Å². The highest BCUT2D eigenvalue weighted by Gasteiger charge is 2.52. The van der Waals surface area contributed by atoms with Gasteiger partial charge in [0.25, 0.3) is 5.91 Å². The Hall–Kier alpha value is -6.35. The van der Waals surface area contributed by atoms with Crippen LogP contribution in [-0.4, -0.2) is 132 Å². The molecule has 0 radical (unpaired) electrons. The second kappa shape index (κ2) is 16.3. The minimum Gasteiger partial charge on any atom is -0.491 e. The van der Waals surface area contributed by atoms with Crippen LogP contribution >= 0.6 is 0 Å². The Morgan fingerprint density at radius 1 is 1.00 bits per heavy atom. The van der Waals surface area contributed by atoms with Gasteiger partial charge in [-0.25, -0.2) is 18.2 Å². The Morgan fingerprint density at radius 3 is 2.52 bits per heavy atom. The maximum absolute atomic E-state index is 15.7. The van der Waals surface area contributed by atoms with Gasteiger partial charge in [-0.05, 0) is 72.5 Å². The molecule has 7 heterocycles. The molecule has 65 heavy (non-hydrogen) atoms. The Balaban J connectivity index is 0.720. The van der Waals surface area contributed by atoms with Crippen molar-refractivity contribution in [2.75, 3.05) is 62.0 Å². The van der Waals surface area contributed by atoms with Crippen molar-refractivity contribution in [3.8, 4) is 16.9 Å². The van der Waals surface area contributed by atoms with Gasteiger partial charge >= 0.3 is 10.2 Å². The summed E-state index contributed by atoms with van der Waals surface area (Å²) in [7, 11) is -4.37. The third kappa shape index (κ3) is 7.97. The molecule has 3 aromatic carbocycles. The second-order valence-corrected chi connectivity index (χ2v) is 19.2. The molecule has 3 amide bonds. The fraction of sp³-hybridized carbons (Fsp3) is 0.356. The molecule has 2 aromatic heterocycles. The lowest BCUT2D eigenvalue weighted by atomic mass is 9.72. The molecule has 0 bridgehead atoms. The number of hydrogen-bond acceptors (Lipinski definition) is 11. The molecule has 0 aliphatic carbocycles. The lowest BCUT2D eigenvalue weighted by Crippen LogP contribution is -2.72. The number of aromatic amines is 1. The Kier molecular flexibility index (Phi) is 10.7. The largest absolute Gasteiger partial charge is 0.491 e. The number of H-pyrrole nitrogens is 1. The van der Waals surface area contributed by atoms with E-state index in [1.165, 1.54) is 11.1 Å². The van der Waals surface area contributed by atoms with Crippen LogP contribution in [0.15, 0.2) is 73.1 Å². The fourth-order valence-electron chi connectivity index (χ4n) is 9.66. The van der Waals surface area contributed by atoms with Crippen molar-refractivity contribution in [3.05, 3.63) is 107 Å². The van der Waals surface area contributed by atoms with Gasteiger partial charge in [0.15, 0.2) is 5.82 Å². The predicted octanol–water partition coefficient (Wildman–Crippen LogP) is 3.76. The summed E-state index contributed by atoms with van der Waals surface area (Å²) >= 11 is 0. The zero-order chi connectivity index (χ0) is 45.4. The van der Waals surface area contributed by atoms with E-state index >= 15 is 8.78 Å². The van der Waals surface area contributed by atoms with E-state index in [0.29, 0.717) is 34.5 Å². The Morgan fingerprint density at radius 2 is 1.78 bits per heavy atom. The molecule has 1 unspecified atom stereocenters. The molecular formula is C45H43F3N8O8S. The van der Waals surface area contributed by atoms with E-state index in [4.69, 9.17) is 4.74 Å². The average Bonchev–Trinajstić information content (AvgIpc) is 3.98. The summed E-state index contributed by atoms with van der Waals surface area (Å²) in [5.41, 5.74) is 2.43. The van der Waals surface area contributed by atoms with Gasteiger partial charge in [0.2, 0.25) is 17.6 Å². The number of imide groups is 1. The monoisotopic (exact) mass is 912 g/mol. The SMILES string of the molecule is O=C1CCC(N2Cc3cc(OC[C@H](O)CN4CC5(C4)CN(c4ccc(-c6cnc7[nH]cc(C(=O)c8c(F)ccc(NS(=O)(=O)N9CC[C@@H](F)C9)c8F)c7c6)cc4)C5)ccc3C2=O)C(=O)N1. The molecule has 338 valence electrons. The smallest absolute Gasteiger partial charge is 0.301 e. The molecule has 10 rings (SSSR count). The number of piperidine rings is 1. The van der Waals surface area contributed by atoms with E-state index in [1.54, 1.807) is 30.5 Å². The van der Waals surface area contributed by atoms with Gasteiger partial charge in [-0.3, -0.25) is 34.1 Å². The number of alkyl halides is 1. The van der Waals surface area contributed by atoms with Crippen LogP contribution in [0.5, 0.6) is 5.75 Å². The van der Waals surface area contributed by atoms with Crippen LogP contribution in [0.25, 0.3) is 22.2 Å². The number of ketones is 1. The van der Waals surface area contributed by atoms with Crippen molar-refractivity contribution in [3.63, 3.8) is 0 Å². The fourth-order valence-corrected chi connectivity index (χ4v) is 10.9. The minimum absolute atomic E-state index is 0.00528. The number of carbonyl (C=O) groups excluding carboxylic acids is 4. The lowest BCUT2D eigenvalue weighted by molar-refractivity contribution is -0.136. The number of aromatic nitrogens is 2. The number of anilines is 2. The van der Waals surface area contributed by atoms with Crippen molar-refractivity contribution in [2.24, 2.45) is 5.41 Å². The van der Waals surface area contributed by atoms with Gasteiger partial charge in [0, 0.05) is 104 Å². The van der Waals surface area contributed by atoms with E-state index in [0.717, 1.165) is 59.4 Å². The van der Waals surface area contributed by atoms with Crippen molar-refractivity contribution in [1.82, 2.24) is 29.4 Å². The van der Waals surface area contributed by atoms with Crippen molar-refractivity contribution >= 4 is 56.1 Å². The number of pyridine rings is 1. The van der Waals surface area contributed by atoms with Gasteiger partial charge in [-0.15, -0.1) is 0 Å². The van der Waals surface area contributed by atoms with Crippen LogP contribution in [0, 0.1) is 17.0 Å². The summed E-state index contributed by atoms with van der Waals surface area (Å²) in [5, 5.41) is 13.4. The number of β-amino-alcohol motifs (C(OH)–C–C–N with tert-alkyl or cyclic N) is 1.